The van der Waals surface area contributed by atoms with Gasteiger partial charge in [0.1, 0.15) is 0 Å². The lowest BCUT2D eigenvalue weighted by atomic mass is 9.87. The van der Waals surface area contributed by atoms with Gasteiger partial charge in [0, 0.05) is 19.1 Å². The van der Waals surface area contributed by atoms with Gasteiger partial charge in [0.15, 0.2) is 0 Å². The monoisotopic (exact) mass is 221 g/mol. The largest absolute Gasteiger partial charge is 0.395 e. The van der Waals surface area contributed by atoms with Gasteiger partial charge in [0.2, 0.25) is 0 Å². The second kappa shape index (κ2) is 5.43. The summed E-state index contributed by atoms with van der Waals surface area (Å²) in [5.41, 5.74) is 1.23. The molecule has 0 amide bonds. The minimum atomic E-state index is -0.213. The molecule has 3 nitrogen and oxygen atoms in total. The minimum Gasteiger partial charge on any atom is -0.395 e. The Morgan fingerprint density at radius 1 is 1.19 bits per heavy atom. The van der Waals surface area contributed by atoms with E-state index in [4.69, 9.17) is 5.11 Å². The molecule has 0 aromatic heterocycles. The number of hydrogen-bond donors (Lipinski definition) is 2. The maximum absolute atomic E-state index is 9.66. The normalized spacial score (nSPS) is 24.4. The molecule has 0 heterocycles. The molecular formula is C13H19NO2. The highest BCUT2D eigenvalue weighted by molar-refractivity contribution is 5.14. The first-order valence-corrected chi connectivity index (χ1v) is 5.88. The first-order valence-electron chi connectivity index (χ1n) is 5.88. The van der Waals surface area contributed by atoms with Gasteiger partial charge in [-0.15, -0.1) is 0 Å². The summed E-state index contributed by atoms with van der Waals surface area (Å²) in [6.07, 6.45) is 1.71. The minimum absolute atomic E-state index is 0.149. The van der Waals surface area contributed by atoms with Gasteiger partial charge in [-0.1, -0.05) is 30.3 Å². The SMILES string of the molecule is OCCN(Cc1ccccc1)C1CCC1O. The molecule has 1 saturated carbocycles. The fraction of sp³-hybridized carbons (Fsp3) is 0.538. The van der Waals surface area contributed by atoms with E-state index in [-0.39, 0.29) is 18.8 Å². The van der Waals surface area contributed by atoms with Gasteiger partial charge in [-0.2, -0.15) is 0 Å². The summed E-state index contributed by atoms with van der Waals surface area (Å²) in [6, 6.07) is 10.4. The van der Waals surface area contributed by atoms with Crippen LogP contribution in [0.1, 0.15) is 18.4 Å². The van der Waals surface area contributed by atoms with Crippen LogP contribution in [0.2, 0.25) is 0 Å². The number of aliphatic hydroxyl groups is 2. The van der Waals surface area contributed by atoms with Gasteiger partial charge in [-0.3, -0.25) is 4.90 Å². The second-order valence-electron chi connectivity index (χ2n) is 4.39. The Morgan fingerprint density at radius 3 is 2.44 bits per heavy atom. The highest BCUT2D eigenvalue weighted by Gasteiger charge is 2.33. The van der Waals surface area contributed by atoms with Crippen molar-refractivity contribution in [3.8, 4) is 0 Å². The van der Waals surface area contributed by atoms with E-state index in [1.807, 2.05) is 18.2 Å². The van der Waals surface area contributed by atoms with Crippen molar-refractivity contribution in [1.82, 2.24) is 4.90 Å². The lowest BCUT2D eigenvalue weighted by Crippen LogP contribution is -2.51. The van der Waals surface area contributed by atoms with Crippen LogP contribution in [0, 0.1) is 0 Å². The quantitative estimate of drug-likeness (QED) is 0.779. The highest BCUT2D eigenvalue weighted by atomic mass is 16.3. The predicted molar refractivity (Wildman–Crippen MR) is 63.0 cm³/mol. The van der Waals surface area contributed by atoms with Crippen LogP contribution < -0.4 is 0 Å². The Balaban J connectivity index is 1.97. The molecule has 1 fully saturated rings. The molecule has 2 unspecified atom stereocenters. The zero-order chi connectivity index (χ0) is 11.4. The van der Waals surface area contributed by atoms with Gasteiger partial charge in [0.25, 0.3) is 0 Å². The van der Waals surface area contributed by atoms with Crippen LogP contribution in [0.25, 0.3) is 0 Å². The fourth-order valence-corrected chi connectivity index (χ4v) is 2.20. The van der Waals surface area contributed by atoms with Crippen LogP contribution in [0.4, 0.5) is 0 Å². The van der Waals surface area contributed by atoms with Crippen LogP contribution >= 0.6 is 0 Å². The first-order chi connectivity index (χ1) is 7.81. The second-order valence-corrected chi connectivity index (χ2v) is 4.39. The molecule has 2 N–H and O–H groups in total. The number of nitrogens with zero attached hydrogens (tertiary/aromatic N) is 1. The van der Waals surface area contributed by atoms with E-state index in [2.05, 4.69) is 17.0 Å². The summed E-state index contributed by atoms with van der Waals surface area (Å²) in [6.45, 7) is 1.59. The lowest BCUT2D eigenvalue weighted by molar-refractivity contribution is -0.0301. The molecule has 3 heteroatoms. The summed E-state index contributed by atoms with van der Waals surface area (Å²) in [5.74, 6) is 0. The van der Waals surface area contributed by atoms with Gasteiger partial charge in [-0.05, 0) is 18.4 Å². The Labute approximate surface area is 96.3 Å². The molecule has 88 valence electrons. The number of hydrogen-bond acceptors (Lipinski definition) is 3. The molecule has 0 saturated heterocycles. The van der Waals surface area contributed by atoms with E-state index < -0.39 is 0 Å². The zero-order valence-electron chi connectivity index (χ0n) is 9.42. The van der Waals surface area contributed by atoms with E-state index in [0.717, 1.165) is 19.4 Å². The van der Waals surface area contributed by atoms with Gasteiger partial charge < -0.3 is 10.2 Å². The fourth-order valence-electron chi connectivity index (χ4n) is 2.20. The Morgan fingerprint density at radius 2 is 1.94 bits per heavy atom. The molecule has 2 rings (SSSR count). The van der Waals surface area contributed by atoms with Gasteiger partial charge in [0.05, 0.1) is 12.7 Å². The molecule has 1 aliphatic rings. The number of aliphatic hydroxyl groups excluding tert-OH is 2. The molecule has 0 spiro atoms. The average Bonchev–Trinajstić information content (AvgIpc) is 2.29. The molecule has 0 bridgehead atoms. The zero-order valence-corrected chi connectivity index (χ0v) is 9.42. The third kappa shape index (κ3) is 2.61. The van der Waals surface area contributed by atoms with E-state index >= 15 is 0 Å². The van der Waals surface area contributed by atoms with E-state index in [9.17, 15) is 5.11 Å². The maximum atomic E-state index is 9.66. The van der Waals surface area contributed by atoms with Crippen LogP contribution in [0.5, 0.6) is 0 Å². The molecule has 2 atom stereocenters. The van der Waals surface area contributed by atoms with Gasteiger partial charge in [-0.25, -0.2) is 0 Å². The summed E-state index contributed by atoms with van der Waals surface area (Å²) in [7, 11) is 0. The predicted octanol–water partition coefficient (Wildman–Crippen LogP) is 1.00. The topological polar surface area (TPSA) is 43.7 Å². The van der Waals surface area contributed by atoms with Crippen LogP contribution in [0.15, 0.2) is 30.3 Å². The average molecular weight is 221 g/mol. The van der Waals surface area contributed by atoms with Crippen molar-refractivity contribution in [2.45, 2.75) is 31.5 Å². The van der Waals surface area contributed by atoms with Crippen molar-refractivity contribution in [3.63, 3.8) is 0 Å². The molecular weight excluding hydrogens is 202 g/mol. The Kier molecular flexibility index (Phi) is 3.93. The molecule has 0 aliphatic heterocycles. The first kappa shape index (κ1) is 11.6. The van der Waals surface area contributed by atoms with Gasteiger partial charge >= 0.3 is 0 Å². The van der Waals surface area contributed by atoms with Crippen molar-refractivity contribution in [3.05, 3.63) is 35.9 Å². The Hall–Kier alpha value is -0.900. The van der Waals surface area contributed by atoms with Crippen molar-refractivity contribution < 1.29 is 10.2 Å². The number of benzene rings is 1. The van der Waals surface area contributed by atoms with Crippen molar-refractivity contribution in [1.29, 1.82) is 0 Å². The third-order valence-electron chi connectivity index (χ3n) is 3.29. The molecule has 16 heavy (non-hydrogen) atoms. The Bertz CT molecular complexity index is 315. The third-order valence-corrected chi connectivity index (χ3v) is 3.29. The summed E-state index contributed by atoms with van der Waals surface area (Å²) in [5, 5.41) is 18.7. The van der Waals surface area contributed by atoms with Crippen LogP contribution in [-0.2, 0) is 6.54 Å². The molecule has 1 aromatic carbocycles. The summed E-state index contributed by atoms with van der Waals surface area (Å²) in [4.78, 5) is 2.17. The summed E-state index contributed by atoms with van der Waals surface area (Å²) >= 11 is 0. The van der Waals surface area contributed by atoms with Crippen LogP contribution in [-0.4, -0.2) is 40.4 Å². The standard InChI is InChI=1S/C13H19NO2/c15-9-8-14(12-6-7-13(12)16)10-11-4-2-1-3-5-11/h1-5,12-13,15-16H,6-10H2. The highest BCUT2D eigenvalue weighted by Crippen LogP contribution is 2.26. The van der Waals surface area contributed by atoms with E-state index in [0.29, 0.717) is 6.54 Å². The molecule has 1 aromatic rings. The van der Waals surface area contributed by atoms with Crippen molar-refractivity contribution >= 4 is 0 Å². The maximum Gasteiger partial charge on any atom is 0.0696 e. The van der Waals surface area contributed by atoms with Crippen molar-refractivity contribution in [2.75, 3.05) is 13.2 Å². The molecule has 1 aliphatic carbocycles. The number of rotatable bonds is 5. The van der Waals surface area contributed by atoms with Crippen molar-refractivity contribution in [2.24, 2.45) is 0 Å². The van der Waals surface area contributed by atoms with E-state index in [1.54, 1.807) is 0 Å². The lowest BCUT2D eigenvalue weighted by Gasteiger charge is -2.41. The summed E-state index contributed by atoms with van der Waals surface area (Å²) < 4.78 is 0. The van der Waals surface area contributed by atoms with E-state index in [1.165, 1.54) is 5.56 Å². The van der Waals surface area contributed by atoms with Crippen LogP contribution in [0.3, 0.4) is 0 Å². The smallest absolute Gasteiger partial charge is 0.0696 e. The molecule has 0 radical (unpaired) electrons.